The van der Waals surface area contributed by atoms with E-state index in [1.54, 1.807) is 12.1 Å². The van der Waals surface area contributed by atoms with Gasteiger partial charge in [0.1, 0.15) is 12.4 Å². The van der Waals surface area contributed by atoms with Crippen molar-refractivity contribution in [3.8, 4) is 0 Å². The Morgan fingerprint density at radius 2 is 2.07 bits per heavy atom. The Morgan fingerprint density at radius 1 is 1.43 bits per heavy atom. The predicted octanol–water partition coefficient (Wildman–Crippen LogP) is 2.28. The average Bonchev–Trinajstić information content (AvgIpc) is 2.00. The molecule has 0 aliphatic heterocycles. The molecule has 0 unspecified atom stereocenters. The SMILES string of the molecule is FC(F)(F)CNc1cc(I)ccn1.[Li]. The van der Waals surface area contributed by atoms with Crippen molar-refractivity contribution in [2.75, 3.05) is 11.9 Å². The van der Waals surface area contributed by atoms with E-state index in [0.717, 1.165) is 3.57 Å². The molecule has 0 saturated heterocycles. The topological polar surface area (TPSA) is 24.9 Å². The summed E-state index contributed by atoms with van der Waals surface area (Å²) in [6.45, 7) is -1.06. The van der Waals surface area contributed by atoms with Crippen molar-refractivity contribution < 1.29 is 13.2 Å². The van der Waals surface area contributed by atoms with Gasteiger partial charge in [-0.2, -0.15) is 13.2 Å². The summed E-state index contributed by atoms with van der Waals surface area (Å²) in [5, 5.41) is 2.18. The molecule has 1 N–H and O–H groups in total. The van der Waals surface area contributed by atoms with E-state index >= 15 is 0 Å². The maximum absolute atomic E-state index is 11.7. The van der Waals surface area contributed by atoms with Crippen LogP contribution in [0.4, 0.5) is 19.0 Å². The third-order valence-corrected chi connectivity index (χ3v) is 1.86. The fraction of sp³-hybridized carbons (Fsp3) is 0.286. The summed E-state index contributed by atoms with van der Waals surface area (Å²) >= 11 is 2.00. The second-order valence-electron chi connectivity index (χ2n) is 2.33. The van der Waals surface area contributed by atoms with E-state index < -0.39 is 12.7 Å². The average molecular weight is 309 g/mol. The molecule has 14 heavy (non-hydrogen) atoms. The van der Waals surface area contributed by atoms with Gasteiger partial charge in [-0.1, -0.05) is 0 Å². The van der Waals surface area contributed by atoms with Crippen LogP contribution in [0.3, 0.4) is 0 Å². The molecule has 1 radical (unpaired) electrons. The van der Waals surface area contributed by atoms with Gasteiger partial charge in [0, 0.05) is 28.6 Å². The van der Waals surface area contributed by atoms with Gasteiger partial charge in [0.15, 0.2) is 0 Å². The smallest absolute Gasteiger partial charge is 0.361 e. The van der Waals surface area contributed by atoms with Crippen LogP contribution in [0.2, 0.25) is 0 Å². The normalized spacial score (nSPS) is 10.6. The maximum Gasteiger partial charge on any atom is 0.405 e. The molecule has 1 aromatic heterocycles. The molecule has 0 bridgehead atoms. The fourth-order valence-electron chi connectivity index (χ4n) is 0.692. The fourth-order valence-corrected chi connectivity index (χ4v) is 1.15. The summed E-state index contributed by atoms with van der Waals surface area (Å²) < 4.78 is 36.1. The first-order chi connectivity index (χ1) is 5.97. The number of hydrogen-bond acceptors (Lipinski definition) is 2. The molecule has 0 aliphatic rings. The summed E-state index contributed by atoms with van der Waals surface area (Å²) in [5.41, 5.74) is 0. The predicted molar refractivity (Wildman–Crippen MR) is 57.3 cm³/mol. The molecule has 0 fully saturated rings. The minimum absolute atomic E-state index is 0. The molecule has 1 heterocycles. The minimum Gasteiger partial charge on any atom is -0.361 e. The van der Waals surface area contributed by atoms with E-state index in [1.165, 1.54) is 6.20 Å². The molecule has 0 aromatic carbocycles. The quantitative estimate of drug-likeness (QED) is 0.670. The molecule has 0 atom stereocenters. The van der Waals surface area contributed by atoms with Crippen molar-refractivity contribution in [2.24, 2.45) is 0 Å². The van der Waals surface area contributed by atoms with Crippen molar-refractivity contribution in [2.45, 2.75) is 6.18 Å². The molecule has 0 saturated carbocycles. The Bertz CT molecular complexity index is 293. The standard InChI is InChI=1S/C7H6F3IN2.Li/c8-7(9,10)4-13-6-3-5(11)1-2-12-6;/h1-3H,4H2,(H,12,13);. The van der Waals surface area contributed by atoms with Gasteiger partial charge in [0.25, 0.3) is 0 Å². The van der Waals surface area contributed by atoms with E-state index in [4.69, 9.17) is 0 Å². The van der Waals surface area contributed by atoms with Gasteiger partial charge >= 0.3 is 6.18 Å². The number of rotatable bonds is 2. The largest absolute Gasteiger partial charge is 0.405 e. The zero-order valence-corrected chi connectivity index (χ0v) is 9.56. The van der Waals surface area contributed by atoms with E-state index in [2.05, 4.69) is 10.3 Å². The Kier molecular flexibility index (Phi) is 5.86. The van der Waals surface area contributed by atoms with Gasteiger partial charge in [-0.15, -0.1) is 0 Å². The molecule has 1 aromatic rings. The monoisotopic (exact) mass is 309 g/mol. The number of anilines is 1. The molecular weight excluding hydrogens is 303 g/mol. The van der Waals surface area contributed by atoms with Crippen LogP contribution in [0.25, 0.3) is 0 Å². The maximum atomic E-state index is 11.7. The molecule has 73 valence electrons. The molecule has 0 amide bonds. The third kappa shape index (κ3) is 5.73. The van der Waals surface area contributed by atoms with Gasteiger partial charge < -0.3 is 5.32 Å². The minimum atomic E-state index is -4.21. The molecule has 1 rings (SSSR count). The van der Waals surface area contributed by atoms with E-state index in [0.29, 0.717) is 0 Å². The van der Waals surface area contributed by atoms with Gasteiger partial charge in [-0.05, 0) is 34.7 Å². The van der Waals surface area contributed by atoms with Crippen LogP contribution in [0.1, 0.15) is 0 Å². The molecule has 0 spiro atoms. The van der Waals surface area contributed by atoms with Crippen LogP contribution in [0.5, 0.6) is 0 Å². The third-order valence-electron chi connectivity index (χ3n) is 1.19. The van der Waals surface area contributed by atoms with Crippen LogP contribution in [0, 0.1) is 3.57 Å². The summed E-state index contributed by atoms with van der Waals surface area (Å²) in [7, 11) is 0. The van der Waals surface area contributed by atoms with Gasteiger partial charge in [0.2, 0.25) is 0 Å². The number of alkyl halides is 3. The van der Waals surface area contributed by atoms with Crippen LogP contribution < -0.4 is 5.32 Å². The Hall–Kier alpha value is 0.0674. The van der Waals surface area contributed by atoms with Crippen molar-refractivity contribution >= 4 is 47.3 Å². The van der Waals surface area contributed by atoms with Crippen molar-refractivity contribution in [3.05, 3.63) is 21.9 Å². The zero-order valence-electron chi connectivity index (χ0n) is 7.40. The van der Waals surface area contributed by atoms with Gasteiger partial charge in [-0.25, -0.2) is 4.98 Å². The number of hydrogen-bond donors (Lipinski definition) is 1. The van der Waals surface area contributed by atoms with E-state index in [-0.39, 0.29) is 24.7 Å². The van der Waals surface area contributed by atoms with Crippen molar-refractivity contribution in [1.82, 2.24) is 4.98 Å². The Balaban J connectivity index is 0.00000169. The van der Waals surface area contributed by atoms with Crippen molar-refractivity contribution in [3.63, 3.8) is 0 Å². The summed E-state index contributed by atoms with van der Waals surface area (Å²) in [6.07, 6.45) is -2.75. The van der Waals surface area contributed by atoms with Crippen LogP contribution >= 0.6 is 22.6 Å². The number of halogens is 4. The van der Waals surface area contributed by atoms with Crippen LogP contribution in [-0.4, -0.2) is 36.6 Å². The van der Waals surface area contributed by atoms with Gasteiger partial charge in [0.05, 0.1) is 0 Å². The number of nitrogens with zero attached hydrogens (tertiary/aromatic N) is 1. The van der Waals surface area contributed by atoms with Crippen LogP contribution in [-0.2, 0) is 0 Å². The van der Waals surface area contributed by atoms with Crippen molar-refractivity contribution in [1.29, 1.82) is 0 Å². The summed E-state index contributed by atoms with van der Waals surface area (Å²) in [4.78, 5) is 3.73. The van der Waals surface area contributed by atoms with E-state index in [1.807, 2.05) is 22.6 Å². The molecule has 7 heteroatoms. The Labute approximate surface area is 105 Å². The number of pyridine rings is 1. The number of nitrogens with one attached hydrogen (secondary N) is 1. The first-order valence-corrected chi connectivity index (χ1v) is 4.47. The van der Waals surface area contributed by atoms with Crippen LogP contribution in [0.15, 0.2) is 18.3 Å². The Morgan fingerprint density at radius 3 is 2.57 bits per heavy atom. The molecule has 0 aliphatic carbocycles. The second kappa shape index (κ2) is 5.83. The second-order valence-corrected chi connectivity index (χ2v) is 3.57. The summed E-state index contributed by atoms with van der Waals surface area (Å²) in [6, 6.07) is 3.26. The molecule has 2 nitrogen and oxygen atoms in total. The zero-order chi connectivity index (χ0) is 9.90. The molecular formula is C7H6F3ILiN2. The van der Waals surface area contributed by atoms with E-state index in [9.17, 15) is 13.2 Å². The van der Waals surface area contributed by atoms with Gasteiger partial charge in [-0.3, -0.25) is 0 Å². The summed E-state index contributed by atoms with van der Waals surface area (Å²) in [5.74, 6) is 0.240. The first-order valence-electron chi connectivity index (χ1n) is 3.39. The number of aromatic nitrogens is 1. The first kappa shape index (κ1) is 14.1.